The molecule has 0 aliphatic carbocycles. The average molecular weight is 306 g/mol. The van der Waals surface area contributed by atoms with E-state index in [0.29, 0.717) is 22.4 Å². The first-order valence-corrected chi connectivity index (χ1v) is 7.23. The van der Waals surface area contributed by atoms with Crippen LogP contribution in [0.1, 0.15) is 20.7 Å². The van der Waals surface area contributed by atoms with Crippen molar-refractivity contribution in [2.24, 2.45) is 7.05 Å². The lowest BCUT2D eigenvalue weighted by Crippen LogP contribution is -2.20. The number of nitrogens with zero attached hydrogens (tertiary/aromatic N) is 1. The minimum Gasteiger partial charge on any atom is -0.496 e. The van der Waals surface area contributed by atoms with E-state index in [0.717, 1.165) is 16.5 Å². The van der Waals surface area contributed by atoms with Crippen molar-refractivity contribution in [1.29, 1.82) is 0 Å². The summed E-state index contributed by atoms with van der Waals surface area (Å²) < 4.78 is 7.36. The summed E-state index contributed by atoms with van der Waals surface area (Å²) in [6.45, 7) is 0. The van der Waals surface area contributed by atoms with Crippen molar-refractivity contribution in [2.75, 3.05) is 7.11 Å². The Hall–Kier alpha value is -3.08. The van der Waals surface area contributed by atoms with Crippen molar-refractivity contribution in [1.82, 2.24) is 9.88 Å². The van der Waals surface area contributed by atoms with Crippen LogP contribution in [0.15, 0.2) is 42.6 Å². The highest BCUT2D eigenvalue weighted by Gasteiger charge is 2.33. The van der Waals surface area contributed by atoms with Crippen molar-refractivity contribution >= 4 is 22.7 Å². The van der Waals surface area contributed by atoms with Gasteiger partial charge in [0, 0.05) is 35.3 Å². The zero-order chi connectivity index (χ0) is 16.1. The quantitative estimate of drug-likeness (QED) is 0.741. The van der Waals surface area contributed by atoms with Crippen LogP contribution in [0.25, 0.3) is 22.0 Å². The third-order valence-corrected chi connectivity index (χ3v) is 4.27. The predicted octanol–water partition coefficient (Wildman–Crippen LogP) is 2.74. The second-order valence-electron chi connectivity index (χ2n) is 5.52. The molecule has 1 aliphatic heterocycles. The Bertz CT molecular complexity index is 985. The molecule has 2 heterocycles. The van der Waals surface area contributed by atoms with Gasteiger partial charge in [0.1, 0.15) is 5.75 Å². The maximum Gasteiger partial charge on any atom is 0.259 e. The summed E-state index contributed by atoms with van der Waals surface area (Å²) in [6.07, 6.45) is 1.88. The van der Waals surface area contributed by atoms with Gasteiger partial charge in [-0.2, -0.15) is 0 Å². The molecule has 114 valence electrons. The van der Waals surface area contributed by atoms with E-state index in [1.165, 1.54) is 0 Å². The number of ether oxygens (including phenoxy) is 1. The number of fused-ring (bicyclic) bond motifs is 3. The molecule has 0 saturated carbocycles. The second kappa shape index (κ2) is 4.71. The van der Waals surface area contributed by atoms with Crippen molar-refractivity contribution in [3.63, 3.8) is 0 Å². The highest BCUT2D eigenvalue weighted by atomic mass is 16.5. The molecule has 2 aromatic carbocycles. The number of carbonyl (C=O) groups is 2. The van der Waals surface area contributed by atoms with Crippen LogP contribution < -0.4 is 10.1 Å². The third-order valence-electron chi connectivity index (χ3n) is 4.27. The number of methoxy groups -OCH3 is 1. The van der Waals surface area contributed by atoms with Crippen molar-refractivity contribution in [2.45, 2.75) is 0 Å². The molecule has 0 unspecified atom stereocenters. The highest BCUT2D eigenvalue weighted by molar-refractivity contribution is 6.29. The Morgan fingerprint density at radius 3 is 2.52 bits per heavy atom. The number of carbonyl (C=O) groups excluding carboxylic acids is 2. The number of imide groups is 1. The lowest BCUT2D eigenvalue weighted by molar-refractivity contribution is 0.0880. The van der Waals surface area contributed by atoms with Gasteiger partial charge < -0.3 is 9.30 Å². The molecule has 0 fully saturated rings. The van der Waals surface area contributed by atoms with Crippen LogP contribution in [0.5, 0.6) is 5.75 Å². The van der Waals surface area contributed by atoms with Crippen LogP contribution in [0.3, 0.4) is 0 Å². The molecule has 1 aromatic heterocycles. The van der Waals surface area contributed by atoms with E-state index in [1.807, 2.05) is 54.2 Å². The summed E-state index contributed by atoms with van der Waals surface area (Å²) in [5.41, 5.74) is 3.25. The van der Waals surface area contributed by atoms with Gasteiger partial charge in [0.05, 0.1) is 18.2 Å². The summed E-state index contributed by atoms with van der Waals surface area (Å²) in [4.78, 5) is 24.6. The smallest absolute Gasteiger partial charge is 0.259 e. The Morgan fingerprint density at radius 2 is 1.74 bits per heavy atom. The molecule has 5 heteroatoms. The molecule has 0 spiro atoms. The first kappa shape index (κ1) is 13.6. The summed E-state index contributed by atoms with van der Waals surface area (Å²) in [5.74, 6) is -0.0509. The number of aryl methyl sites for hydroxylation is 1. The zero-order valence-electron chi connectivity index (χ0n) is 12.7. The first-order chi connectivity index (χ1) is 11.1. The van der Waals surface area contributed by atoms with E-state index in [9.17, 15) is 9.59 Å². The van der Waals surface area contributed by atoms with Gasteiger partial charge in [0.25, 0.3) is 11.8 Å². The van der Waals surface area contributed by atoms with Crippen LogP contribution in [-0.2, 0) is 7.05 Å². The fraction of sp³-hybridized carbons (Fsp3) is 0.111. The molecule has 0 atom stereocenters. The Balaban J connectivity index is 2.16. The monoisotopic (exact) mass is 306 g/mol. The van der Waals surface area contributed by atoms with E-state index in [1.54, 1.807) is 7.11 Å². The molecule has 4 rings (SSSR count). The number of benzene rings is 2. The fourth-order valence-corrected chi connectivity index (χ4v) is 3.19. The predicted molar refractivity (Wildman–Crippen MR) is 86.7 cm³/mol. The molecule has 0 radical (unpaired) electrons. The summed E-state index contributed by atoms with van der Waals surface area (Å²) in [5, 5.41) is 3.19. The number of hydrogen-bond donors (Lipinski definition) is 1. The molecule has 0 bridgehead atoms. The van der Waals surface area contributed by atoms with Gasteiger partial charge in [0.15, 0.2) is 0 Å². The Kier molecular flexibility index (Phi) is 2.78. The standard InChI is InChI=1S/C18H14N2O3/c1-20-8-7-11-13(20)9-12(10-5-3-4-6-14(10)23-2)16-15(11)17(21)19-18(16)22/h3-9H,1-2H3,(H,19,21,22). The molecule has 0 saturated heterocycles. The van der Waals surface area contributed by atoms with Crippen LogP contribution in [0.2, 0.25) is 0 Å². The van der Waals surface area contributed by atoms with Gasteiger partial charge in [0.2, 0.25) is 0 Å². The topological polar surface area (TPSA) is 60.3 Å². The van der Waals surface area contributed by atoms with Gasteiger partial charge in [-0.15, -0.1) is 0 Å². The van der Waals surface area contributed by atoms with Gasteiger partial charge in [-0.25, -0.2) is 0 Å². The lowest BCUT2D eigenvalue weighted by atomic mass is 9.93. The molecule has 23 heavy (non-hydrogen) atoms. The molecule has 3 aromatic rings. The van der Waals surface area contributed by atoms with Gasteiger partial charge in [-0.05, 0) is 18.2 Å². The minimum absolute atomic E-state index is 0.349. The number of nitrogens with one attached hydrogen (secondary N) is 1. The normalized spacial score (nSPS) is 13.3. The van der Waals surface area contributed by atoms with Crippen molar-refractivity contribution < 1.29 is 14.3 Å². The van der Waals surface area contributed by atoms with Crippen LogP contribution in [0.4, 0.5) is 0 Å². The number of hydrogen-bond acceptors (Lipinski definition) is 3. The van der Waals surface area contributed by atoms with Gasteiger partial charge in [-0.1, -0.05) is 18.2 Å². The maximum absolute atomic E-state index is 12.3. The van der Waals surface area contributed by atoms with Crippen molar-refractivity contribution in [3.05, 3.63) is 53.7 Å². The van der Waals surface area contributed by atoms with Crippen LogP contribution >= 0.6 is 0 Å². The van der Waals surface area contributed by atoms with Gasteiger partial charge in [-0.3, -0.25) is 14.9 Å². The van der Waals surface area contributed by atoms with E-state index in [-0.39, 0.29) is 11.8 Å². The summed E-state index contributed by atoms with van der Waals surface area (Å²) in [7, 11) is 3.50. The number of aromatic nitrogens is 1. The molecular weight excluding hydrogens is 292 g/mol. The Morgan fingerprint density at radius 1 is 1.00 bits per heavy atom. The van der Waals surface area contributed by atoms with E-state index < -0.39 is 0 Å². The van der Waals surface area contributed by atoms with E-state index >= 15 is 0 Å². The van der Waals surface area contributed by atoms with Gasteiger partial charge >= 0.3 is 0 Å². The molecule has 1 N–H and O–H groups in total. The van der Waals surface area contributed by atoms with E-state index in [4.69, 9.17) is 4.74 Å². The molecule has 2 amide bonds. The lowest BCUT2D eigenvalue weighted by Gasteiger charge is -2.12. The summed E-state index contributed by atoms with van der Waals surface area (Å²) >= 11 is 0. The van der Waals surface area contributed by atoms with Crippen molar-refractivity contribution in [3.8, 4) is 16.9 Å². The zero-order valence-corrected chi connectivity index (χ0v) is 12.7. The largest absolute Gasteiger partial charge is 0.496 e. The van der Waals surface area contributed by atoms with Crippen LogP contribution in [-0.4, -0.2) is 23.5 Å². The maximum atomic E-state index is 12.3. The number of para-hydroxylation sites is 1. The SMILES string of the molecule is COc1ccccc1-c1cc2c(ccn2C)c2c1C(=O)NC2=O. The third kappa shape index (κ3) is 1.80. The molecular formula is C18H14N2O3. The highest BCUT2D eigenvalue weighted by Crippen LogP contribution is 2.39. The van der Waals surface area contributed by atoms with E-state index in [2.05, 4.69) is 5.32 Å². The Labute approximate surface area is 132 Å². The number of amides is 2. The average Bonchev–Trinajstić information content (AvgIpc) is 3.07. The minimum atomic E-state index is -0.364. The molecule has 1 aliphatic rings. The molecule has 5 nitrogen and oxygen atoms in total. The van der Waals surface area contributed by atoms with Crippen LogP contribution in [0, 0.1) is 0 Å². The first-order valence-electron chi connectivity index (χ1n) is 7.23. The second-order valence-corrected chi connectivity index (χ2v) is 5.52. The summed E-state index contributed by atoms with van der Waals surface area (Å²) in [6, 6.07) is 11.3. The number of rotatable bonds is 2. The fourth-order valence-electron chi connectivity index (χ4n) is 3.19.